The van der Waals surface area contributed by atoms with Crippen molar-refractivity contribution >= 4 is 22.0 Å². The van der Waals surface area contributed by atoms with Gasteiger partial charge in [0.2, 0.25) is 0 Å². The van der Waals surface area contributed by atoms with Gasteiger partial charge >= 0.3 is 0 Å². The van der Waals surface area contributed by atoms with Crippen LogP contribution in [0.15, 0.2) is 27.9 Å². The van der Waals surface area contributed by atoms with Crippen LogP contribution in [-0.2, 0) is 9.84 Å². The van der Waals surface area contributed by atoms with Crippen LogP contribution < -0.4 is 19.8 Å². The first-order chi connectivity index (χ1) is 11.8. The number of sulfone groups is 1. The summed E-state index contributed by atoms with van der Waals surface area (Å²) in [6.45, 7) is 0. The third kappa shape index (κ3) is 4.00. The van der Waals surface area contributed by atoms with Gasteiger partial charge in [-0.25, -0.2) is 13.5 Å². The summed E-state index contributed by atoms with van der Waals surface area (Å²) in [5.41, 5.74) is 0.721. The molecule has 2 rings (SSSR count). The van der Waals surface area contributed by atoms with Crippen molar-refractivity contribution < 1.29 is 22.6 Å². The summed E-state index contributed by atoms with van der Waals surface area (Å²) in [7, 11) is 0.511. The lowest BCUT2D eigenvalue weighted by atomic mass is 10.1. The minimum absolute atomic E-state index is 0.0541. The van der Waals surface area contributed by atoms with Crippen molar-refractivity contribution in [3.63, 3.8) is 0 Å². The van der Waals surface area contributed by atoms with E-state index in [4.69, 9.17) is 14.2 Å². The van der Waals surface area contributed by atoms with Crippen molar-refractivity contribution in [1.82, 2.24) is 10.2 Å². The molecule has 1 heterocycles. The Labute approximate surface area is 145 Å². The second kappa shape index (κ2) is 7.39. The Hall–Kier alpha value is -2.81. The third-order valence-corrected chi connectivity index (χ3v) is 4.45. The zero-order valence-corrected chi connectivity index (χ0v) is 15.0. The molecule has 0 saturated carbocycles. The maximum absolute atomic E-state index is 12.1. The predicted octanol–water partition coefficient (Wildman–Crippen LogP) is 1.37. The van der Waals surface area contributed by atoms with Gasteiger partial charge in [0.1, 0.15) is 5.75 Å². The van der Waals surface area contributed by atoms with E-state index in [1.54, 1.807) is 18.2 Å². The number of aromatic nitrogens is 2. The van der Waals surface area contributed by atoms with Gasteiger partial charge in [0.25, 0.3) is 5.56 Å². The van der Waals surface area contributed by atoms with Gasteiger partial charge in [-0.05, 0) is 24.3 Å². The van der Waals surface area contributed by atoms with Crippen LogP contribution in [0.2, 0.25) is 0 Å². The average molecular weight is 366 g/mol. The average Bonchev–Trinajstić information content (AvgIpc) is 2.58. The van der Waals surface area contributed by atoms with Crippen LogP contribution in [0.25, 0.3) is 12.2 Å². The van der Waals surface area contributed by atoms with E-state index in [1.807, 2.05) is 0 Å². The standard InChI is InChI=1S/C16H18N2O6S/c1-22-12-9-10(5-6-11-7-8-13(19)18-17-11)14(23-2)15(24-3)16(12)25(4,20)21/h5-9H,1-4H3,(H,18,19). The molecular formula is C16H18N2O6S. The minimum atomic E-state index is -3.62. The SMILES string of the molecule is COc1cc(C=Cc2ccc(=O)[nH]n2)c(OC)c(OC)c1S(C)(=O)=O. The Balaban J connectivity index is 2.66. The van der Waals surface area contributed by atoms with E-state index in [1.165, 1.54) is 33.5 Å². The summed E-state index contributed by atoms with van der Waals surface area (Å²) in [6, 6.07) is 4.42. The first-order valence-corrected chi connectivity index (χ1v) is 8.97. The third-order valence-electron chi connectivity index (χ3n) is 3.32. The summed E-state index contributed by atoms with van der Waals surface area (Å²) in [5, 5.41) is 6.19. The molecule has 0 aliphatic carbocycles. The zero-order valence-electron chi connectivity index (χ0n) is 14.2. The molecule has 0 aliphatic rings. The molecule has 0 aliphatic heterocycles. The van der Waals surface area contributed by atoms with Crippen LogP contribution in [-0.4, -0.2) is 46.2 Å². The van der Waals surface area contributed by atoms with E-state index in [-0.39, 0.29) is 27.7 Å². The first-order valence-electron chi connectivity index (χ1n) is 7.08. The van der Waals surface area contributed by atoms with E-state index in [0.717, 1.165) is 6.26 Å². The highest BCUT2D eigenvalue weighted by atomic mass is 32.2. The molecule has 0 saturated heterocycles. The molecule has 8 nitrogen and oxygen atoms in total. The Morgan fingerprint density at radius 2 is 1.72 bits per heavy atom. The first kappa shape index (κ1) is 18.5. The fourth-order valence-corrected chi connectivity index (χ4v) is 3.28. The van der Waals surface area contributed by atoms with Crippen molar-refractivity contribution in [3.8, 4) is 17.2 Å². The number of hydrogen-bond donors (Lipinski definition) is 1. The molecule has 1 aromatic carbocycles. The number of H-pyrrole nitrogens is 1. The van der Waals surface area contributed by atoms with Crippen molar-refractivity contribution in [2.75, 3.05) is 27.6 Å². The van der Waals surface area contributed by atoms with Gasteiger partial charge in [-0.3, -0.25) is 4.79 Å². The van der Waals surface area contributed by atoms with Crippen LogP contribution in [0.1, 0.15) is 11.3 Å². The molecule has 25 heavy (non-hydrogen) atoms. The van der Waals surface area contributed by atoms with Gasteiger partial charge in [0.15, 0.2) is 26.2 Å². The van der Waals surface area contributed by atoms with E-state index in [9.17, 15) is 13.2 Å². The molecule has 1 N–H and O–H groups in total. The van der Waals surface area contributed by atoms with E-state index in [2.05, 4.69) is 10.2 Å². The highest BCUT2D eigenvalue weighted by Gasteiger charge is 2.26. The van der Waals surface area contributed by atoms with Gasteiger partial charge in [-0.15, -0.1) is 0 Å². The molecule has 134 valence electrons. The number of hydrogen-bond acceptors (Lipinski definition) is 7. The number of rotatable bonds is 6. The highest BCUT2D eigenvalue weighted by Crippen LogP contribution is 2.44. The molecule has 0 radical (unpaired) electrons. The molecule has 0 amide bonds. The fourth-order valence-electron chi connectivity index (χ4n) is 2.26. The molecule has 0 bridgehead atoms. The summed E-state index contributed by atoms with van der Waals surface area (Å²) in [4.78, 5) is 11.0. The largest absolute Gasteiger partial charge is 0.495 e. The summed E-state index contributed by atoms with van der Waals surface area (Å²) >= 11 is 0. The van der Waals surface area contributed by atoms with Crippen LogP contribution in [0.3, 0.4) is 0 Å². The van der Waals surface area contributed by atoms with Crippen molar-refractivity contribution in [1.29, 1.82) is 0 Å². The van der Waals surface area contributed by atoms with Gasteiger partial charge < -0.3 is 14.2 Å². The van der Waals surface area contributed by atoms with Crippen LogP contribution in [0.4, 0.5) is 0 Å². The molecule has 0 spiro atoms. The monoisotopic (exact) mass is 366 g/mol. The maximum atomic E-state index is 12.1. The summed E-state index contributed by atoms with van der Waals surface area (Å²) in [5.74, 6) is 0.428. The van der Waals surface area contributed by atoms with Gasteiger partial charge in [-0.2, -0.15) is 5.10 Å². The molecular weight excluding hydrogens is 348 g/mol. The molecule has 1 aromatic heterocycles. The number of nitrogens with zero attached hydrogens (tertiary/aromatic N) is 1. The van der Waals surface area contributed by atoms with Gasteiger partial charge in [0, 0.05) is 17.9 Å². The predicted molar refractivity (Wildman–Crippen MR) is 93.0 cm³/mol. The molecule has 0 atom stereocenters. The second-order valence-electron chi connectivity index (χ2n) is 5.02. The normalized spacial score (nSPS) is 11.5. The number of methoxy groups -OCH3 is 3. The molecule has 0 fully saturated rings. The number of aromatic amines is 1. The van der Waals surface area contributed by atoms with Crippen molar-refractivity contribution in [2.24, 2.45) is 0 Å². The summed E-state index contributed by atoms with van der Waals surface area (Å²) < 4.78 is 40.0. The number of ether oxygens (including phenoxy) is 3. The quantitative estimate of drug-likeness (QED) is 0.822. The van der Waals surface area contributed by atoms with Gasteiger partial charge in [0.05, 0.1) is 27.0 Å². The molecule has 2 aromatic rings. The smallest absolute Gasteiger partial charge is 0.264 e. The van der Waals surface area contributed by atoms with Crippen molar-refractivity contribution in [3.05, 3.63) is 39.8 Å². The van der Waals surface area contributed by atoms with Gasteiger partial charge in [-0.1, -0.05) is 0 Å². The topological polar surface area (TPSA) is 108 Å². The highest BCUT2D eigenvalue weighted by molar-refractivity contribution is 7.91. The van der Waals surface area contributed by atoms with Crippen LogP contribution >= 0.6 is 0 Å². The lowest BCUT2D eigenvalue weighted by molar-refractivity contribution is 0.335. The summed E-state index contributed by atoms with van der Waals surface area (Å²) in [6.07, 6.45) is 4.34. The Morgan fingerprint density at radius 3 is 2.20 bits per heavy atom. The lowest BCUT2D eigenvalue weighted by Crippen LogP contribution is -2.06. The minimum Gasteiger partial charge on any atom is -0.495 e. The zero-order chi connectivity index (χ0) is 18.6. The molecule has 9 heteroatoms. The van der Waals surface area contributed by atoms with E-state index >= 15 is 0 Å². The van der Waals surface area contributed by atoms with Crippen molar-refractivity contribution in [2.45, 2.75) is 4.90 Å². The second-order valence-corrected chi connectivity index (χ2v) is 6.97. The number of benzene rings is 1. The van der Waals surface area contributed by atoms with Crippen LogP contribution in [0, 0.1) is 0 Å². The van der Waals surface area contributed by atoms with Crippen LogP contribution in [0.5, 0.6) is 17.2 Å². The maximum Gasteiger partial charge on any atom is 0.264 e. The Kier molecular flexibility index (Phi) is 5.48. The van der Waals surface area contributed by atoms with E-state index in [0.29, 0.717) is 11.3 Å². The number of nitrogens with one attached hydrogen (secondary N) is 1. The molecule has 0 unspecified atom stereocenters. The Morgan fingerprint density at radius 1 is 1.04 bits per heavy atom. The van der Waals surface area contributed by atoms with E-state index < -0.39 is 9.84 Å². The Bertz CT molecular complexity index is 943. The fraction of sp³-hybridized carbons (Fsp3) is 0.250. The lowest BCUT2D eigenvalue weighted by Gasteiger charge is -2.17.